The summed E-state index contributed by atoms with van der Waals surface area (Å²) >= 11 is 5.80. The standard InChI is InChI=1S/C12H17ClN2O2/c1-3-12(8-17-2,11(14)16)15-10-6-4-9(13)5-7-10/h4-7,15H,3,8H2,1-2H3,(H2,14,16). The van der Waals surface area contributed by atoms with E-state index < -0.39 is 11.4 Å². The van der Waals surface area contributed by atoms with Crippen molar-refractivity contribution in [3.05, 3.63) is 29.3 Å². The predicted molar refractivity (Wildman–Crippen MR) is 69.2 cm³/mol. The molecule has 0 spiro atoms. The minimum Gasteiger partial charge on any atom is -0.382 e. The number of anilines is 1. The summed E-state index contributed by atoms with van der Waals surface area (Å²) in [6.45, 7) is 2.11. The third-order valence-corrected chi connectivity index (χ3v) is 2.95. The molecule has 3 N–H and O–H groups in total. The van der Waals surface area contributed by atoms with Crippen molar-refractivity contribution in [1.82, 2.24) is 0 Å². The Morgan fingerprint density at radius 1 is 1.47 bits per heavy atom. The fourth-order valence-electron chi connectivity index (χ4n) is 1.59. The molecule has 0 heterocycles. The van der Waals surface area contributed by atoms with Crippen molar-refractivity contribution >= 4 is 23.2 Å². The van der Waals surface area contributed by atoms with Gasteiger partial charge in [0.15, 0.2) is 0 Å². The summed E-state index contributed by atoms with van der Waals surface area (Å²) < 4.78 is 5.07. The van der Waals surface area contributed by atoms with Crippen molar-refractivity contribution < 1.29 is 9.53 Å². The van der Waals surface area contributed by atoms with E-state index in [1.54, 1.807) is 24.3 Å². The van der Waals surface area contributed by atoms with Crippen LogP contribution in [-0.2, 0) is 9.53 Å². The molecule has 0 saturated carbocycles. The Morgan fingerprint density at radius 3 is 2.47 bits per heavy atom. The number of carbonyl (C=O) groups is 1. The number of methoxy groups -OCH3 is 1. The molecule has 1 rings (SSSR count). The number of primary amides is 1. The van der Waals surface area contributed by atoms with Gasteiger partial charge >= 0.3 is 0 Å². The smallest absolute Gasteiger partial charge is 0.245 e. The van der Waals surface area contributed by atoms with Gasteiger partial charge in [-0.2, -0.15) is 0 Å². The average molecular weight is 257 g/mol. The highest BCUT2D eigenvalue weighted by Gasteiger charge is 2.34. The number of halogens is 1. The van der Waals surface area contributed by atoms with E-state index in [4.69, 9.17) is 22.1 Å². The largest absolute Gasteiger partial charge is 0.382 e. The number of hydrogen-bond donors (Lipinski definition) is 2. The normalized spacial score (nSPS) is 14.1. The molecule has 0 fully saturated rings. The minimum atomic E-state index is -0.886. The van der Waals surface area contributed by atoms with Gasteiger partial charge in [0, 0.05) is 17.8 Å². The van der Waals surface area contributed by atoms with E-state index in [1.165, 1.54) is 7.11 Å². The molecule has 0 aliphatic carbocycles. The molecule has 4 nitrogen and oxygen atoms in total. The first-order valence-electron chi connectivity index (χ1n) is 5.36. The first-order chi connectivity index (χ1) is 8.04. The Kier molecular flexibility index (Phi) is 4.78. The summed E-state index contributed by atoms with van der Waals surface area (Å²) in [5.41, 5.74) is 5.34. The topological polar surface area (TPSA) is 64.3 Å². The van der Waals surface area contributed by atoms with Crippen LogP contribution in [0.15, 0.2) is 24.3 Å². The van der Waals surface area contributed by atoms with Gasteiger partial charge in [-0.25, -0.2) is 0 Å². The molecule has 1 unspecified atom stereocenters. The highest BCUT2D eigenvalue weighted by molar-refractivity contribution is 6.30. The summed E-state index contributed by atoms with van der Waals surface area (Å²) in [6.07, 6.45) is 0.540. The molecular formula is C12H17ClN2O2. The molecule has 0 aliphatic heterocycles. The van der Waals surface area contributed by atoms with E-state index in [1.807, 2.05) is 6.92 Å². The number of rotatable bonds is 6. The molecule has 1 amide bonds. The van der Waals surface area contributed by atoms with E-state index in [9.17, 15) is 4.79 Å². The summed E-state index contributed by atoms with van der Waals surface area (Å²) in [4.78, 5) is 11.6. The van der Waals surface area contributed by atoms with Crippen LogP contribution in [0.2, 0.25) is 5.02 Å². The number of hydrogen-bond acceptors (Lipinski definition) is 3. The summed E-state index contributed by atoms with van der Waals surface area (Å²) in [6, 6.07) is 7.09. The highest BCUT2D eigenvalue weighted by Crippen LogP contribution is 2.21. The predicted octanol–water partition coefficient (Wildman–Crippen LogP) is 2.03. The second-order valence-corrected chi connectivity index (χ2v) is 4.30. The molecule has 17 heavy (non-hydrogen) atoms. The zero-order valence-electron chi connectivity index (χ0n) is 10.00. The Morgan fingerprint density at radius 2 is 2.06 bits per heavy atom. The maximum Gasteiger partial charge on any atom is 0.245 e. The monoisotopic (exact) mass is 256 g/mol. The number of amides is 1. The van der Waals surface area contributed by atoms with Crippen LogP contribution in [0.25, 0.3) is 0 Å². The van der Waals surface area contributed by atoms with Crippen molar-refractivity contribution in [2.24, 2.45) is 5.73 Å². The molecular weight excluding hydrogens is 240 g/mol. The molecule has 0 saturated heterocycles. The second-order valence-electron chi connectivity index (χ2n) is 3.86. The van der Waals surface area contributed by atoms with Crippen molar-refractivity contribution in [2.45, 2.75) is 18.9 Å². The average Bonchev–Trinajstić information content (AvgIpc) is 2.31. The first-order valence-corrected chi connectivity index (χ1v) is 5.74. The summed E-state index contributed by atoms with van der Waals surface area (Å²) in [7, 11) is 1.54. The maximum atomic E-state index is 11.6. The Labute approximate surface area is 106 Å². The fraction of sp³-hybridized carbons (Fsp3) is 0.417. The zero-order chi connectivity index (χ0) is 12.9. The van der Waals surface area contributed by atoms with E-state index in [0.29, 0.717) is 11.4 Å². The third-order valence-electron chi connectivity index (χ3n) is 2.69. The highest BCUT2D eigenvalue weighted by atomic mass is 35.5. The summed E-state index contributed by atoms with van der Waals surface area (Å²) in [5, 5.41) is 3.75. The second kappa shape index (κ2) is 5.89. The van der Waals surface area contributed by atoms with Gasteiger partial charge in [0.25, 0.3) is 0 Å². The number of nitrogens with two attached hydrogens (primary N) is 1. The molecule has 1 aromatic carbocycles. The number of carbonyl (C=O) groups excluding carboxylic acids is 1. The van der Waals surface area contributed by atoms with Crippen LogP contribution in [0, 0.1) is 0 Å². The molecule has 1 atom stereocenters. The van der Waals surface area contributed by atoms with Crippen LogP contribution >= 0.6 is 11.6 Å². The van der Waals surface area contributed by atoms with Crippen LogP contribution in [-0.4, -0.2) is 25.2 Å². The van der Waals surface area contributed by atoms with Crippen LogP contribution in [0.5, 0.6) is 0 Å². The lowest BCUT2D eigenvalue weighted by atomic mass is 9.95. The van der Waals surface area contributed by atoms with Crippen LogP contribution < -0.4 is 11.1 Å². The lowest BCUT2D eigenvalue weighted by Gasteiger charge is -2.30. The van der Waals surface area contributed by atoms with Gasteiger partial charge in [-0.3, -0.25) is 4.79 Å². The van der Waals surface area contributed by atoms with Crippen molar-refractivity contribution in [1.29, 1.82) is 0 Å². The van der Waals surface area contributed by atoms with Gasteiger partial charge < -0.3 is 15.8 Å². The van der Waals surface area contributed by atoms with Crippen LogP contribution in [0.3, 0.4) is 0 Å². The fourth-order valence-corrected chi connectivity index (χ4v) is 1.72. The molecule has 0 radical (unpaired) electrons. The lowest BCUT2D eigenvalue weighted by molar-refractivity contribution is -0.124. The third kappa shape index (κ3) is 3.35. The molecule has 1 aromatic rings. The quantitative estimate of drug-likeness (QED) is 0.819. The Hall–Kier alpha value is -1.26. The van der Waals surface area contributed by atoms with E-state index in [2.05, 4.69) is 5.32 Å². The number of ether oxygens (including phenoxy) is 1. The SMILES string of the molecule is CCC(COC)(Nc1ccc(Cl)cc1)C(N)=O. The first kappa shape index (κ1) is 13.8. The van der Waals surface area contributed by atoms with Gasteiger partial charge in [-0.1, -0.05) is 18.5 Å². The van der Waals surface area contributed by atoms with Gasteiger partial charge in [0.1, 0.15) is 5.54 Å². The minimum absolute atomic E-state index is 0.224. The van der Waals surface area contributed by atoms with Crippen molar-refractivity contribution in [3.63, 3.8) is 0 Å². The number of nitrogens with one attached hydrogen (secondary N) is 1. The van der Waals surface area contributed by atoms with Gasteiger partial charge in [-0.05, 0) is 30.7 Å². The van der Waals surface area contributed by atoms with Crippen molar-refractivity contribution in [3.8, 4) is 0 Å². The van der Waals surface area contributed by atoms with Crippen molar-refractivity contribution in [2.75, 3.05) is 19.0 Å². The molecule has 0 bridgehead atoms. The van der Waals surface area contributed by atoms with Gasteiger partial charge in [0.05, 0.1) is 6.61 Å². The molecule has 0 aromatic heterocycles. The zero-order valence-corrected chi connectivity index (χ0v) is 10.8. The van der Waals surface area contributed by atoms with Gasteiger partial charge in [-0.15, -0.1) is 0 Å². The molecule has 5 heteroatoms. The number of benzene rings is 1. The van der Waals surface area contributed by atoms with Crippen LogP contribution in [0.1, 0.15) is 13.3 Å². The summed E-state index contributed by atoms with van der Waals surface area (Å²) in [5.74, 6) is -0.434. The molecule has 94 valence electrons. The van der Waals surface area contributed by atoms with Crippen LogP contribution in [0.4, 0.5) is 5.69 Å². The van der Waals surface area contributed by atoms with E-state index in [-0.39, 0.29) is 6.61 Å². The molecule has 0 aliphatic rings. The lowest BCUT2D eigenvalue weighted by Crippen LogP contribution is -2.53. The van der Waals surface area contributed by atoms with Gasteiger partial charge in [0.2, 0.25) is 5.91 Å². The Bertz CT molecular complexity index is 381. The van der Waals surface area contributed by atoms with E-state index >= 15 is 0 Å². The maximum absolute atomic E-state index is 11.6. The Balaban J connectivity index is 2.92. The van der Waals surface area contributed by atoms with E-state index in [0.717, 1.165) is 5.69 Å².